The van der Waals surface area contributed by atoms with Gasteiger partial charge >= 0.3 is 0 Å². The number of benzene rings is 1. The average Bonchev–Trinajstić information content (AvgIpc) is 2.17. The number of hydrogen-bond acceptors (Lipinski definition) is 2. The number of phenols is 1. The Morgan fingerprint density at radius 2 is 2.20 bits per heavy atom. The Morgan fingerprint density at radius 3 is 2.93 bits per heavy atom. The fourth-order valence-corrected chi connectivity index (χ4v) is 2.40. The molecule has 1 aromatic carbocycles. The molecule has 1 fully saturated rings. The van der Waals surface area contributed by atoms with Gasteiger partial charge in [0.1, 0.15) is 5.75 Å². The molecule has 0 spiro atoms. The zero-order chi connectivity index (χ0) is 10.7. The lowest BCUT2D eigenvalue weighted by Gasteiger charge is -2.28. The predicted octanol–water partition coefficient (Wildman–Crippen LogP) is 3.38. The van der Waals surface area contributed by atoms with Crippen LogP contribution in [0.3, 0.4) is 0 Å². The van der Waals surface area contributed by atoms with E-state index in [1.54, 1.807) is 12.1 Å². The van der Waals surface area contributed by atoms with Crippen LogP contribution in [0.15, 0.2) is 24.3 Å². The standard InChI is InChI=1S/C13H19NO/c1-10-4-2-5-11(8-10)14-12-6-3-7-13(15)9-12/h3,6-7,9-11,14-15H,2,4-5,8H2,1H3. The molecule has 1 aromatic rings. The maximum absolute atomic E-state index is 9.35. The minimum absolute atomic E-state index is 0.337. The molecule has 0 heterocycles. The second kappa shape index (κ2) is 4.56. The van der Waals surface area contributed by atoms with Gasteiger partial charge in [-0.2, -0.15) is 0 Å². The Hall–Kier alpha value is -1.18. The topological polar surface area (TPSA) is 32.3 Å². The van der Waals surface area contributed by atoms with Gasteiger partial charge in [0.05, 0.1) is 0 Å². The van der Waals surface area contributed by atoms with E-state index in [0.717, 1.165) is 11.6 Å². The summed E-state index contributed by atoms with van der Waals surface area (Å²) < 4.78 is 0. The van der Waals surface area contributed by atoms with Gasteiger partial charge in [-0.3, -0.25) is 0 Å². The van der Waals surface area contributed by atoms with Crippen molar-refractivity contribution in [3.05, 3.63) is 24.3 Å². The Morgan fingerprint density at radius 1 is 1.33 bits per heavy atom. The van der Waals surface area contributed by atoms with Crippen LogP contribution in [0.5, 0.6) is 5.75 Å². The van der Waals surface area contributed by atoms with Crippen molar-refractivity contribution in [3.8, 4) is 5.75 Å². The van der Waals surface area contributed by atoms with Crippen molar-refractivity contribution < 1.29 is 5.11 Å². The second-order valence-corrected chi connectivity index (χ2v) is 4.66. The van der Waals surface area contributed by atoms with Gasteiger partial charge in [0, 0.05) is 17.8 Å². The third kappa shape index (κ3) is 2.88. The van der Waals surface area contributed by atoms with Crippen LogP contribution in [0.4, 0.5) is 5.69 Å². The number of anilines is 1. The fourth-order valence-electron chi connectivity index (χ4n) is 2.40. The molecule has 82 valence electrons. The summed E-state index contributed by atoms with van der Waals surface area (Å²) >= 11 is 0. The molecule has 2 unspecified atom stereocenters. The van der Waals surface area contributed by atoms with E-state index in [1.165, 1.54) is 25.7 Å². The first kappa shape index (κ1) is 10.3. The molecule has 1 saturated carbocycles. The van der Waals surface area contributed by atoms with E-state index < -0.39 is 0 Å². The van der Waals surface area contributed by atoms with Gasteiger partial charge in [-0.25, -0.2) is 0 Å². The van der Waals surface area contributed by atoms with Crippen LogP contribution in [0.1, 0.15) is 32.6 Å². The number of rotatable bonds is 2. The highest BCUT2D eigenvalue weighted by atomic mass is 16.3. The Kier molecular flexibility index (Phi) is 3.14. The number of phenolic OH excluding ortho intramolecular Hbond substituents is 1. The van der Waals surface area contributed by atoms with Gasteiger partial charge in [0.2, 0.25) is 0 Å². The lowest BCUT2D eigenvalue weighted by atomic mass is 9.87. The maximum Gasteiger partial charge on any atom is 0.117 e. The van der Waals surface area contributed by atoms with Crippen LogP contribution in [0.2, 0.25) is 0 Å². The predicted molar refractivity (Wildman–Crippen MR) is 63.1 cm³/mol. The highest BCUT2D eigenvalue weighted by molar-refractivity contribution is 5.48. The first-order chi connectivity index (χ1) is 7.24. The summed E-state index contributed by atoms with van der Waals surface area (Å²) in [5, 5.41) is 12.8. The second-order valence-electron chi connectivity index (χ2n) is 4.66. The summed E-state index contributed by atoms with van der Waals surface area (Å²) in [5.41, 5.74) is 1.04. The summed E-state index contributed by atoms with van der Waals surface area (Å²) in [5.74, 6) is 1.16. The van der Waals surface area contributed by atoms with Crippen LogP contribution >= 0.6 is 0 Å². The Balaban J connectivity index is 1.96. The van der Waals surface area contributed by atoms with Crippen LogP contribution in [-0.4, -0.2) is 11.1 Å². The molecule has 0 radical (unpaired) electrons. The van der Waals surface area contributed by atoms with Crippen molar-refractivity contribution in [2.45, 2.75) is 38.6 Å². The molecular formula is C13H19NO. The quantitative estimate of drug-likeness (QED) is 0.775. The SMILES string of the molecule is CC1CCCC(Nc2cccc(O)c2)C1. The van der Waals surface area contributed by atoms with E-state index in [0.29, 0.717) is 11.8 Å². The van der Waals surface area contributed by atoms with Gasteiger partial charge < -0.3 is 10.4 Å². The van der Waals surface area contributed by atoms with Gasteiger partial charge in [0.25, 0.3) is 0 Å². The lowest BCUT2D eigenvalue weighted by molar-refractivity contribution is 0.358. The highest BCUT2D eigenvalue weighted by Crippen LogP contribution is 2.26. The molecule has 1 aliphatic carbocycles. The van der Waals surface area contributed by atoms with E-state index >= 15 is 0 Å². The monoisotopic (exact) mass is 205 g/mol. The van der Waals surface area contributed by atoms with Crippen molar-refractivity contribution >= 4 is 5.69 Å². The van der Waals surface area contributed by atoms with E-state index in [2.05, 4.69) is 12.2 Å². The molecule has 2 nitrogen and oxygen atoms in total. The number of hydrogen-bond donors (Lipinski definition) is 2. The molecule has 0 saturated heterocycles. The molecule has 2 heteroatoms. The minimum Gasteiger partial charge on any atom is -0.508 e. The third-order valence-electron chi connectivity index (χ3n) is 3.15. The maximum atomic E-state index is 9.35. The molecular weight excluding hydrogens is 186 g/mol. The molecule has 0 aromatic heterocycles. The van der Waals surface area contributed by atoms with Crippen molar-refractivity contribution in [1.29, 1.82) is 0 Å². The normalized spacial score (nSPS) is 26.2. The van der Waals surface area contributed by atoms with Crippen molar-refractivity contribution in [2.75, 3.05) is 5.32 Å². The van der Waals surface area contributed by atoms with E-state index in [4.69, 9.17) is 0 Å². The summed E-state index contributed by atoms with van der Waals surface area (Å²) in [6.45, 7) is 2.32. The zero-order valence-corrected chi connectivity index (χ0v) is 9.24. The molecule has 2 N–H and O–H groups in total. The van der Waals surface area contributed by atoms with Gasteiger partial charge in [-0.05, 0) is 30.9 Å². The number of aromatic hydroxyl groups is 1. The lowest BCUT2D eigenvalue weighted by Crippen LogP contribution is -2.26. The van der Waals surface area contributed by atoms with Crippen molar-refractivity contribution in [3.63, 3.8) is 0 Å². The molecule has 15 heavy (non-hydrogen) atoms. The van der Waals surface area contributed by atoms with E-state index in [9.17, 15) is 5.11 Å². The zero-order valence-electron chi connectivity index (χ0n) is 9.24. The van der Waals surface area contributed by atoms with Crippen LogP contribution in [-0.2, 0) is 0 Å². The molecule has 0 bridgehead atoms. The van der Waals surface area contributed by atoms with Crippen molar-refractivity contribution in [2.24, 2.45) is 5.92 Å². The average molecular weight is 205 g/mol. The largest absolute Gasteiger partial charge is 0.508 e. The molecule has 2 atom stereocenters. The minimum atomic E-state index is 0.337. The van der Waals surface area contributed by atoms with Crippen molar-refractivity contribution in [1.82, 2.24) is 0 Å². The fraction of sp³-hybridized carbons (Fsp3) is 0.538. The van der Waals surface area contributed by atoms with E-state index in [-0.39, 0.29) is 0 Å². The van der Waals surface area contributed by atoms with Crippen LogP contribution in [0.25, 0.3) is 0 Å². The first-order valence-electron chi connectivity index (χ1n) is 5.79. The summed E-state index contributed by atoms with van der Waals surface area (Å²) in [4.78, 5) is 0. The smallest absolute Gasteiger partial charge is 0.117 e. The summed E-state index contributed by atoms with van der Waals surface area (Å²) in [6, 6.07) is 7.96. The molecule has 0 aliphatic heterocycles. The van der Waals surface area contributed by atoms with Gasteiger partial charge in [-0.15, -0.1) is 0 Å². The Bertz CT molecular complexity index is 324. The molecule has 2 rings (SSSR count). The third-order valence-corrected chi connectivity index (χ3v) is 3.15. The highest BCUT2D eigenvalue weighted by Gasteiger charge is 2.18. The summed E-state index contributed by atoms with van der Waals surface area (Å²) in [7, 11) is 0. The van der Waals surface area contributed by atoms with Crippen LogP contribution in [0, 0.1) is 5.92 Å². The molecule has 1 aliphatic rings. The van der Waals surface area contributed by atoms with Gasteiger partial charge in [-0.1, -0.05) is 25.8 Å². The molecule has 0 amide bonds. The Labute approximate surface area is 91.3 Å². The van der Waals surface area contributed by atoms with Gasteiger partial charge in [0.15, 0.2) is 0 Å². The number of nitrogens with one attached hydrogen (secondary N) is 1. The van der Waals surface area contributed by atoms with E-state index in [1.807, 2.05) is 12.1 Å². The summed E-state index contributed by atoms with van der Waals surface area (Å²) in [6.07, 6.45) is 5.17. The van der Waals surface area contributed by atoms with Crippen LogP contribution < -0.4 is 5.32 Å². The first-order valence-corrected chi connectivity index (χ1v) is 5.79.